The quantitative estimate of drug-likeness (QED) is 0.0262. The largest absolute Gasteiger partial charge is 0.462 e. The van der Waals surface area contributed by atoms with Gasteiger partial charge in [0.2, 0.25) is 0 Å². The van der Waals surface area contributed by atoms with Gasteiger partial charge in [0.25, 0.3) is 0 Å². The maximum absolute atomic E-state index is 12.8. The van der Waals surface area contributed by atoms with Crippen molar-refractivity contribution in [2.24, 2.45) is 0 Å². The van der Waals surface area contributed by atoms with Crippen LogP contribution in [0.25, 0.3) is 0 Å². The summed E-state index contributed by atoms with van der Waals surface area (Å²) >= 11 is 0. The predicted octanol–water partition coefficient (Wildman–Crippen LogP) is 19.0. The fraction of sp³-hybridized carbons (Fsp3) is 0.609. The second-order valence-electron chi connectivity index (χ2n) is 18.1. The molecule has 0 bridgehead atoms. The lowest BCUT2D eigenvalue weighted by molar-refractivity contribution is -0.167. The van der Waals surface area contributed by atoms with E-state index < -0.39 is 6.10 Å². The highest BCUT2D eigenvalue weighted by Crippen LogP contribution is 2.13. The molecular weight excluding hydrogens is 865 g/mol. The van der Waals surface area contributed by atoms with Crippen LogP contribution in [0.4, 0.5) is 0 Å². The number of hydrogen-bond acceptors (Lipinski definition) is 6. The number of carbonyl (C=O) groups excluding carboxylic acids is 3. The van der Waals surface area contributed by atoms with Crippen molar-refractivity contribution >= 4 is 17.9 Å². The Kier molecular flexibility index (Phi) is 53.5. The molecule has 1 atom stereocenters. The van der Waals surface area contributed by atoms with Crippen molar-refractivity contribution in [2.45, 2.75) is 239 Å². The SMILES string of the molecule is CC/C=C\C/C=C\C/C=C\C/C=C\C/C=C\C/C=C\C/C=C\C/C=C\C/C=C\CCCC(=O)OCC(COC(=O)CCCCCCCCCC)OC(=O)CCCCCCC/C=C\C/C=C\CCCCC. The average molecular weight is 968 g/mol. The molecule has 70 heavy (non-hydrogen) atoms. The van der Waals surface area contributed by atoms with Crippen molar-refractivity contribution in [3.05, 3.63) is 134 Å². The van der Waals surface area contributed by atoms with Crippen LogP contribution in [0.2, 0.25) is 0 Å². The predicted molar refractivity (Wildman–Crippen MR) is 302 cm³/mol. The second kappa shape index (κ2) is 57.1. The summed E-state index contributed by atoms with van der Waals surface area (Å²) in [6.07, 6.45) is 80.3. The summed E-state index contributed by atoms with van der Waals surface area (Å²) in [5.74, 6) is -0.992. The molecule has 0 aromatic heterocycles. The van der Waals surface area contributed by atoms with Crippen molar-refractivity contribution in [3.8, 4) is 0 Å². The van der Waals surface area contributed by atoms with E-state index in [4.69, 9.17) is 14.2 Å². The third-order valence-electron chi connectivity index (χ3n) is 11.4. The van der Waals surface area contributed by atoms with Gasteiger partial charge in [-0.2, -0.15) is 0 Å². The van der Waals surface area contributed by atoms with Crippen molar-refractivity contribution in [1.82, 2.24) is 0 Å². The lowest BCUT2D eigenvalue weighted by Crippen LogP contribution is -2.30. The van der Waals surface area contributed by atoms with Crippen LogP contribution >= 0.6 is 0 Å². The van der Waals surface area contributed by atoms with E-state index in [1.54, 1.807) is 0 Å². The first kappa shape index (κ1) is 65.5. The Morgan fingerprint density at radius 3 is 0.957 bits per heavy atom. The molecule has 0 amide bonds. The van der Waals surface area contributed by atoms with E-state index in [1.807, 2.05) is 0 Å². The van der Waals surface area contributed by atoms with Gasteiger partial charge < -0.3 is 14.2 Å². The van der Waals surface area contributed by atoms with Gasteiger partial charge in [0.15, 0.2) is 6.10 Å². The van der Waals surface area contributed by atoms with Crippen molar-refractivity contribution in [3.63, 3.8) is 0 Å². The molecule has 394 valence electrons. The average Bonchev–Trinajstić information content (AvgIpc) is 3.36. The monoisotopic (exact) mass is 967 g/mol. The molecule has 0 saturated heterocycles. The number of allylic oxidation sites excluding steroid dienone is 22. The molecule has 0 saturated carbocycles. The van der Waals surface area contributed by atoms with Crippen LogP contribution < -0.4 is 0 Å². The van der Waals surface area contributed by atoms with E-state index in [1.165, 1.54) is 57.8 Å². The lowest BCUT2D eigenvalue weighted by Gasteiger charge is -2.18. The molecule has 0 N–H and O–H groups in total. The fourth-order valence-electron chi connectivity index (χ4n) is 7.18. The second-order valence-corrected chi connectivity index (χ2v) is 18.1. The first-order chi connectivity index (χ1) is 34.5. The van der Waals surface area contributed by atoms with E-state index >= 15 is 0 Å². The molecule has 0 heterocycles. The lowest BCUT2D eigenvalue weighted by atomic mass is 10.1. The van der Waals surface area contributed by atoms with E-state index in [0.29, 0.717) is 19.3 Å². The highest BCUT2D eigenvalue weighted by Gasteiger charge is 2.19. The normalized spacial score (nSPS) is 13.1. The smallest absolute Gasteiger partial charge is 0.306 e. The van der Waals surface area contributed by atoms with Crippen LogP contribution in [0.1, 0.15) is 233 Å². The molecule has 1 unspecified atom stereocenters. The van der Waals surface area contributed by atoms with Gasteiger partial charge in [0, 0.05) is 19.3 Å². The highest BCUT2D eigenvalue weighted by atomic mass is 16.6. The first-order valence-electron chi connectivity index (χ1n) is 28.2. The summed E-state index contributed by atoms with van der Waals surface area (Å²) in [7, 11) is 0. The molecular formula is C64H102O6. The Labute approximate surface area is 430 Å². The van der Waals surface area contributed by atoms with Crippen molar-refractivity contribution in [2.75, 3.05) is 13.2 Å². The van der Waals surface area contributed by atoms with E-state index in [9.17, 15) is 14.4 Å². The molecule has 0 radical (unpaired) electrons. The molecule has 6 nitrogen and oxygen atoms in total. The molecule has 0 aliphatic heterocycles. The zero-order chi connectivity index (χ0) is 50.7. The van der Waals surface area contributed by atoms with Crippen LogP contribution in [0.5, 0.6) is 0 Å². The number of hydrogen-bond donors (Lipinski definition) is 0. The highest BCUT2D eigenvalue weighted by molar-refractivity contribution is 5.71. The van der Waals surface area contributed by atoms with Gasteiger partial charge >= 0.3 is 17.9 Å². The van der Waals surface area contributed by atoms with E-state index in [2.05, 4.69) is 154 Å². The molecule has 0 aromatic carbocycles. The van der Waals surface area contributed by atoms with Crippen LogP contribution in [0, 0.1) is 0 Å². The number of esters is 3. The third kappa shape index (κ3) is 54.5. The van der Waals surface area contributed by atoms with Crippen LogP contribution in [0.3, 0.4) is 0 Å². The molecule has 0 rings (SSSR count). The van der Waals surface area contributed by atoms with Crippen LogP contribution in [-0.2, 0) is 28.6 Å². The Balaban J connectivity index is 4.36. The van der Waals surface area contributed by atoms with Gasteiger partial charge in [0.1, 0.15) is 13.2 Å². The summed E-state index contributed by atoms with van der Waals surface area (Å²) in [6.45, 7) is 6.39. The minimum absolute atomic E-state index is 0.105. The third-order valence-corrected chi connectivity index (χ3v) is 11.4. The summed E-state index contributed by atoms with van der Waals surface area (Å²) < 4.78 is 16.7. The minimum Gasteiger partial charge on any atom is -0.462 e. The van der Waals surface area contributed by atoms with Gasteiger partial charge in [0.05, 0.1) is 0 Å². The minimum atomic E-state index is -0.810. The zero-order valence-corrected chi connectivity index (χ0v) is 45.0. The number of carbonyl (C=O) groups is 3. The van der Waals surface area contributed by atoms with Gasteiger partial charge in [-0.25, -0.2) is 0 Å². The molecule has 0 aliphatic rings. The Bertz CT molecular complexity index is 1530. The summed E-state index contributed by atoms with van der Waals surface area (Å²) in [6, 6.07) is 0. The molecule has 6 heteroatoms. The molecule has 0 aromatic rings. The van der Waals surface area contributed by atoms with Gasteiger partial charge in [-0.1, -0.05) is 231 Å². The maximum atomic E-state index is 12.8. The topological polar surface area (TPSA) is 78.9 Å². The van der Waals surface area contributed by atoms with E-state index in [-0.39, 0.29) is 37.5 Å². The van der Waals surface area contributed by atoms with Crippen LogP contribution in [-0.4, -0.2) is 37.2 Å². The Hall–Kier alpha value is -4.45. The van der Waals surface area contributed by atoms with Crippen molar-refractivity contribution in [1.29, 1.82) is 0 Å². The fourth-order valence-corrected chi connectivity index (χ4v) is 7.18. The number of rotatable bonds is 49. The summed E-state index contributed by atoms with van der Waals surface area (Å²) in [4.78, 5) is 37.9. The van der Waals surface area contributed by atoms with E-state index in [0.717, 1.165) is 128 Å². The molecule has 0 spiro atoms. The van der Waals surface area contributed by atoms with Gasteiger partial charge in [-0.05, 0) is 116 Å². The summed E-state index contributed by atoms with van der Waals surface area (Å²) in [5, 5.41) is 0. The number of unbranched alkanes of at least 4 members (excludes halogenated alkanes) is 16. The molecule has 0 fully saturated rings. The number of ether oxygens (including phenoxy) is 3. The standard InChI is InChI=1S/C64H102O6/c1-4-7-10-13-16-19-21-23-25-26-27-28-29-30-31-32-33-34-35-36-37-38-40-41-43-45-48-51-54-57-63(66)69-60-61(59-68-62(65)56-53-50-47-18-15-12-9-6-3)70-64(67)58-55-52-49-46-44-42-39-24-22-20-17-14-11-8-5-2/h7,10,16-17,19-20,23-25,27-28,30-31,33-34,36-37,39-41,45,48,61H,4-6,8-9,11-15,18,21-22,26,29,32,35,38,42-44,46-47,49-60H2,1-3H3/b10-7-,19-16-,20-17-,25-23-,28-27-,31-30-,34-33-,37-36-,39-24-,41-40-,48-45-. The van der Waals surface area contributed by atoms with Gasteiger partial charge in [-0.15, -0.1) is 0 Å². The Morgan fingerprint density at radius 1 is 0.300 bits per heavy atom. The van der Waals surface area contributed by atoms with Crippen LogP contribution in [0.15, 0.2) is 134 Å². The van der Waals surface area contributed by atoms with Crippen molar-refractivity contribution < 1.29 is 28.6 Å². The van der Waals surface area contributed by atoms with Gasteiger partial charge in [-0.3, -0.25) is 14.4 Å². The first-order valence-corrected chi connectivity index (χ1v) is 28.2. The maximum Gasteiger partial charge on any atom is 0.306 e. The Morgan fingerprint density at radius 2 is 0.571 bits per heavy atom. The molecule has 0 aliphatic carbocycles. The summed E-state index contributed by atoms with van der Waals surface area (Å²) in [5.41, 5.74) is 0. The zero-order valence-electron chi connectivity index (χ0n) is 45.0.